The summed E-state index contributed by atoms with van der Waals surface area (Å²) in [5.74, 6) is 0.727. The highest BCUT2D eigenvalue weighted by Crippen LogP contribution is 2.41. The number of hydrogen-bond acceptors (Lipinski definition) is 5. The Morgan fingerprint density at radius 2 is 1.70 bits per heavy atom. The van der Waals surface area contributed by atoms with Crippen LogP contribution in [0.5, 0.6) is 5.75 Å². The number of methoxy groups -OCH3 is 1. The molecule has 23 heavy (non-hydrogen) atoms. The highest BCUT2D eigenvalue weighted by molar-refractivity contribution is 6.23. The smallest absolute Gasteiger partial charge is 0.221 e. The molecule has 5 nitrogen and oxygen atoms in total. The molecular weight excluding hydrogens is 290 g/mol. The second-order valence-electron chi connectivity index (χ2n) is 5.26. The summed E-state index contributed by atoms with van der Waals surface area (Å²) in [4.78, 5) is 21.4. The van der Waals surface area contributed by atoms with E-state index in [1.807, 2.05) is 30.3 Å². The van der Waals surface area contributed by atoms with Gasteiger partial charge in [-0.3, -0.25) is 4.79 Å². The summed E-state index contributed by atoms with van der Waals surface area (Å²) < 4.78 is 5.25. The quantitative estimate of drug-likeness (QED) is 0.616. The zero-order valence-electron chi connectivity index (χ0n) is 12.4. The van der Waals surface area contributed by atoms with E-state index >= 15 is 0 Å². The molecule has 5 heteroatoms. The SMILES string of the molecule is COc1ccc2c(c1)-c1nc(N)nc(-c3ccccc3)c1C2=O. The van der Waals surface area contributed by atoms with Crippen LogP contribution in [0.15, 0.2) is 48.5 Å². The first-order valence-corrected chi connectivity index (χ1v) is 7.15. The zero-order chi connectivity index (χ0) is 16.0. The predicted octanol–water partition coefficient (Wildman–Crippen LogP) is 2.95. The second kappa shape index (κ2) is 4.91. The van der Waals surface area contributed by atoms with Crippen LogP contribution in [0.4, 0.5) is 5.95 Å². The first-order chi connectivity index (χ1) is 11.2. The van der Waals surface area contributed by atoms with E-state index in [0.29, 0.717) is 28.3 Å². The lowest BCUT2D eigenvalue weighted by atomic mass is 10.0. The number of ketones is 1. The van der Waals surface area contributed by atoms with Gasteiger partial charge < -0.3 is 10.5 Å². The molecule has 0 spiro atoms. The van der Waals surface area contributed by atoms with Crippen molar-refractivity contribution in [2.75, 3.05) is 12.8 Å². The molecule has 0 aliphatic heterocycles. The molecule has 112 valence electrons. The number of carbonyl (C=O) groups excluding carboxylic acids is 1. The summed E-state index contributed by atoms with van der Waals surface area (Å²) in [6, 6.07) is 14.8. The number of anilines is 1. The monoisotopic (exact) mass is 303 g/mol. The summed E-state index contributed by atoms with van der Waals surface area (Å²) in [6.45, 7) is 0. The minimum absolute atomic E-state index is 0.0866. The van der Waals surface area contributed by atoms with E-state index in [-0.39, 0.29) is 11.7 Å². The van der Waals surface area contributed by atoms with Crippen molar-refractivity contribution >= 4 is 11.7 Å². The number of nitrogens with zero attached hydrogens (tertiary/aromatic N) is 2. The molecule has 0 unspecified atom stereocenters. The van der Waals surface area contributed by atoms with Gasteiger partial charge in [-0.2, -0.15) is 0 Å². The van der Waals surface area contributed by atoms with Gasteiger partial charge in [0.1, 0.15) is 5.75 Å². The topological polar surface area (TPSA) is 78.1 Å². The van der Waals surface area contributed by atoms with E-state index in [2.05, 4.69) is 9.97 Å². The number of benzene rings is 2. The fraction of sp³-hybridized carbons (Fsp3) is 0.0556. The van der Waals surface area contributed by atoms with Crippen molar-refractivity contribution in [1.29, 1.82) is 0 Å². The molecule has 0 saturated heterocycles. The van der Waals surface area contributed by atoms with E-state index in [9.17, 15) is 4.79 Å². The van der Waals surface area contributed by atoms with Crippen molar-refractivity contribution in [1.82, 2.24) is 9.97 Å². The van der Waals surface area contributed by atoms with Crippen LogP contribution in [0, 0.1) is 0 Å². The maximum absolute atomic E-state index is 12.8. The molecule has 0 atom stereocenters. The van der Waals surface area contributed by atoms with Gasteiger partial charge in [0.2, 0.25) is 5.95 Å². The number of rotatable bonds is 2. The van der Waals surface area contributed by atoms with Gasteiger partial charge in [-0.05, 0) is 18.2 Å². The Bertz CT molecular complexity index is 936. The number of carbonyl (C=O) groups is 1. The van der Waals surface area contributed by atoms with Crippen molar-refractivity contribution in [3.8, 4) is 28.3 Å². The lowest BCUT2D eigenvalue weighted by Crippen LogP contribution is -2.05. The molecule has 4 rings (SSSR count). The Hall–Kier alpha value is -3.21. The lowest BCUT2D eigenvalue weighted by molar-refractivity contribution is 0.104. The number of fused-ring (bicyclic) bond motifs is 3. The highest BCUT2D eigenvalue weighted by atomic mass is 16.5. The van der Waals surface area contributed by atoms with Crippen LogP contribution in [0.3, 0.4) is 0 Å². The highest BCUT2D eigenvalue weighted by Gasteiger charge is 2.32. The number of nitrogens with two attached hydrogens (primary N) is 1. The first-order valence-electron chi connectivity index (χ1n) is 7.15. The van der Waals surface area contributed by atoms with Crippen LogP contribution in [-0.2, 0) is 0 Å². The minimum Gasteiger partial charge on any atom is -0.497 e. The largest absolute Gasteiger partial charge is 0.497 e. The third kappa shape index (κ3) is 1.97. The number of aromatic nitrogens is 2. The average molecular weight is 303 g/mol. The fourth-order valence-corrected chi connectivity index (χ4v) is 2.87. The van der Waals surface area contributed by atoms with Crippen LogP contribution < -0.4 is 10.5 Å². The standard InChI is InChI=1S/C18H13N3O2/c1-23-11-7-8-12-13(9-11)16-14(17(12)22)15(20-18(19)21-16)10-5-3-2-4-6-10/h2-9H,1H3,(H2,19,20,21). The normalized spacial score (nSPS) is 12.0. The molecule has 2 N–H and O–H groups in total. The fourth-order valence-electron chi connectivity index (χ4n) is 2.87. The first kappa shape index (κ1) is 13.5. The van der Waals surface area contributed by atoms with Crippen LogP contribution in [-0.4, -0.2) is 22.9 Å². The molecule has 1 heterocycles. The van der Waals surface area contributed by atoms with Gasteiger partial charge in [-0.1, -0.05) is 30.3 Å². The molecule has 0 amide bonds. The maximum atomic E-state index is 12.8. The summed E-state index contributed by atoms with van der Waals surface area (Å²) in [5.41, 5.74) is 9.67. The lowest BCUT2D eigenvalue weighted by Gasteiger charge is -2.07. The Balaban J connectivity index is 2.02. The molecule has 0 fully saturated rings. The predicted molar refractivity (Wildman–Crippen MR) is 87.3 cm³/mol. The van der Waals surface area contributed by atoms with Crippen molar-refractivity contribution in [3.63, 3.8) is 0 Å². The molecular formula is C18H13N3O2. The van der Waals surface area contributed by atoms with Crippen molar-refractivity contribution in [2.45, 2.75) is 0 Å². The van der Waals surface area contributed by atoms with Gasteiger partial charge in [0.25, 0.3) is 0 Å². The summed E-state index contributed by atoms with van der Waals surface area (Å²) in [5, 5.41) is 0. The third-order valence-corrected chi connectivity index (χ3v) is 3.93. The van der Waals surface area contributed by atoms with E-state index in [4.69, 9.17) is 10.5 Å². The van der Waals surface area contributed by atoms with Gasteiger partial charge in [0.05, 0.1) is 24.1 Å². The summed E-state index contributed by atoms with van der Waals surface area (Å²) >= 11 is 0. The Morgan fingerprint density at radius 3 is 2.43 bits per heavy atom. The summed E-state index contributed by atoms with van der Waals surface area (Å²) in [6.07, 6.45) is 0. The summed E-state index contributed by atoms with van der Waals surface area (Å²) in [7, 11) is 1.59. The maximum Gasteiger partial charge on any atom is 0.221 e. The second-order valence-corrected chi connectivity index (χ2v) is 5.26. The third-order valence-electron chi connectivity index (χ3n) is 3.93. The van der Waals surface area contributed by atoms with Crippen LogP contribution in [0.25, 0.3) is 22.5 Å². The van der Waals surface area contributed by atoms with Gasteiger partial charge in [-0.15, -0.1) is 0 Å². The Morgan fingerprint density at radius 1 is 0.957 bits per heavy atom. The number of ether oxygens (including phenoxy) is 1. The van der Waals surface area contributed by atoms with Crippen LogP contribution >= 0.6 is 0 Å². The van der Waals surface area contributed by atoms with E-state index in [0.717, 1.165) is 11.1 Å². The molecule has 2 aromatic carbocycles. The van der Waals surface area contributed by atoms with Gasteiger partial charge in [0.15, 0.2) is 5.78 Å². The molecule has 3 aromatic rings. The Labute approximate surface area is 132 Å². The molecule has 1 aliphatic carbocycles. The number of nitrogen functional groups attached to an aromatic ring is 1. The van der Waals surface area contributed by atoms with E-state index in [1.54, 1.807) is 25.3 Å². The number of hydrogen-bond donors (Lipinski definition) is 1. The van der Waals surface area contributed by atoms with E-state index in [1.165, 1.54) is 0 Å². The van der Waals surface area contributed by atoms with E-state index < -0.39 is 0 Å². The molecule has 0 radical (unpaired) electrons. The van der Waals surface area contributed by atoms with Crippen molar-refractivity contribution < 1.29 is 9.53 Å². The minimum atomic E-state index is -0.0866. The van der Waals surface area contributed by atoms with Crippen molar-refractivity contribution in [3.05, 3.63) is 59.7 Å². The molecule has 1 aliphatic rings. The molecule has 1 aromatic heterocycles. The average Bonchev–Trinajstić information content (AvgIpc) is 2.87. The van der Waals surface area contributed by atoms with Gasteiger partial charge in [-0.25, -0.2) is 9.97 Å². The molecule has 0 bridgehead atoms. The van der Waals surface area contributed by atoms with Gasteiger partial charge in [0, 0.05) is 16.7 Å². The van der Waals surface area contributed by atoms with Crippen LogP contribution in [0.2, 0.25) is 0 Å². The van der Waals surface area contributed by atoms with Crippen molar-refractivity contribution in [2.24, 2.45) is 0 Å². The zero-order valence-corrected chi connectivity index (χ0v) is 12.4. The van der Waals surface area contributed by atoms with Crippen LogP contribution in [0.1, 0.15) is 15.9 Å². The Kier molecular flexibility index (Phi) is 2.87. The molecule has 0 saturated carbocycles. The van der Waals surface area contributed by atoms with Gasteiger partial charge >= 0.3 is 0 Å².